The van der Waals surface area contributed by atoms with Crippen molar-refractivity contribution in [3.05, 3.63) is 0 Å². The van der Waals surface area contributed by atoms with E-state index < -0.39 is 0 Å². The van der Waals surface area contributed by atoms with Gasteiger partial charge in [0.05, 0.1) is 6.10 Å². The lowest BCUT2D eigenvalue weighted by Gasteiger charge is -2.31. The summed E-state index contributed by atoms with van der Waals surface area (Å²) in [5, 5.41) is 13.5. The number of hydrogen-bond donors (Lipinski definition) is 2. The number of aliphatic hydroxyl groups excluding tert-OH is 1. The van der Waals surface area contributed by atoms with Crippen molar-refractivity contribution >= 4 is 0 Å². The first-order valence-corrected chi connectivity index (χ1v) is 6.31. The van der Waals surface area contributed by atoms with Crippen LogP contribution >= 0.6 is 0 Å². The van der Waals surface area contributed by atoms with Crippen LogP contribution in [0.25, 0.3) is 0 Å². The minimum Gasteiger partial charge on any atom is -0.392 e. The second kappa shape index (κ2) is 4.81. The maximum atomic E-state index is 9.88. The molecule has 88 valence electrons. The van der Waals surface area contributed by atoms with Crippen LogP contribution in [-0.4, -0.2) is 47.8 Å². The summed E-state index contributed by atoms with van der Waals surface area (Å²) < 4.78 is 0. The molecule has 2 rings (SSSR count). The Kier molecular flexibility index (Phi) is 3.65. The van der Waals surface area contributed by atoms with Crippen molar-refractivity contribution in [3.63, 3.8) is 0 Å². The Labute approximate surface area is 92.8 Å². The molecule has 4 unspecified atom stereocenters. The molecule has 0 aromatic carbocycles. The van der Waals surface area contributed by atoms with Gasteiger partial charge in [0, 0.05) is 24.7 Å². The third kappa shape index (κ3) is 2.71. The average Bonchev–Trinajstić information content (AvgIpc) is 2.50. The second-order valence-corrected chi connectivity index (χ2v) is 5.35. The van der Waals surface area contributed by atoms with E-state index in [0.717, 1.165) is 19.4 Å². The Bertz CT molecular complexity index is 200. The summed E-state index contributed by atoms with van der Waals surface area (Å²) in [4.78, 5) is 2.40. The van der Waals surface area contributed by atoms with Crippen LogP contribution in [0.2, 0.25) is 0 Å². The Hall–Kier alpha value is -0.120. The molecule has 4 atom stereocenters. The fourth-order valence-electron chi connectivity index (χ4n) is 2.92. The number of likely N-dealkylation sites (N-methyl/N-ethyl adjacent to an activating group) is 1. The molecule has 1 aliphatic carbocycles. The molecule has 0 spiro atoms. The molecular weight excluding hydrogens is 188 g/mol. The fourth-order valence-corrected chi connectivity index (χ4v) is 2.92. The lowest BCUT2D eigenvalue weighted by Crippen LogP contribution is -2.47. The molecule has 2 aliphatic rings. The van der Waals surface area contributed by atoms with E-state index >= 15 is 0 Å². The zero-order valence-corrected chi connectivity index (χ0v) is 9.95. The quantitative estimate of drug-likeness (QED) is 0.716. The number of aliphatic hydroxyl groups is 1. The van der Waals surface area contributed by atoms with Gasteiger partial charge in [-0.15, -0.1) is 0 Å². The van der Waals surface area contributed by atoms with Crippen molar-refractivity contribution in [1.29, 1.82) is 0 Å². The van der Waals surface area contributed by atoms with Crippen molar-refractivity contribution in [3.8, 4) is 0 Å². The van der Waals surface area contributed by atoms with E-state index in [1.165, 1.54) is 19.3 Å². The van der Waals surface area contributed by atoms with Gasteiger partial charge in [-0.05, 0) is 33.2 Å². The number of nitrogens with zero attached hydrogens (tertiary/aromatic N) is 1. The molecule has 3 nitrogen and oxygen atoms in total. The highest BCUT2D eigenvalue weighted by atomic mass is 16.3. The standard InChI is InChI=1S/C12H24N2O/c1-9-7-10(8-14(9)2)13-11-5-3-4-6-12(11)15/h9-13,15H,3-8H2,1-2H3. The average molecular weight is 212 g/mol. The van der Waals surface area contributed by atoms with E-state index in [0.29, 0.717) is 18.1 Å². The Morgan fingerprint density at radius 2 is 2.00 bits per heavy atom. The smallest absolute Gasteiger partial charge is 0.0693 e. The molecule has 1 saturated carbocycles. The number of hydrogen-bond acceptors (Lipinski definition) is 3. The lowest BCUT2D eigenvalue weighted by molar-refractivity contribution is 0.0854. The highest BCUT2D eigenvalue weighted by Crippen LogP contribution is 2.21. The van der Waals surface area contributed by atoms with Gasteiger partial charge >= 0.3 is 0 Å². The molecular formula is C12H24N2O. The van der Waals surface area contributed by atoms with E-state index in [4.69, 9.17) is 0 Å². The third-order valence-electron chi connectivity index (χ3n) is 4.07. The largest absolute Gasteiger partial charge is 0.392 e. The second-order valence-electron chi connectivity index (χ2n) is 5.35. The summed E-state index contributed by atoms with van der Waals surface area (Å²) in [5.41, 5.74) is 0. The van der Waals surface area contributed by atoms with Crippen molar-refractivity contribution < 1.29 is 5.11 Å². The molecule has 0 bridgehead atoms. The molecule has 15 heavy (non-hydrogen) atoms. The molecule has 1 heterocycles. The van der Waals surface area contributed by atoms with Crippen molar-refractivity contribution in [2.24, 2.45) is 0 Å². The molecule has 2 fully saturated rings. The predicted molar refractivity (Wildman–Crippen MR) is 61.9 cm³/mol. The summed E-state index contributed by atoms with van der Waals surface area (Å²) in [7, 11) is 2.18. The van der Waals surface area contributed by atoms with Gasteiger partial charge in [0.1, 0.15) is 0 Å². The summed E-state index contributed by atoms with van der Waals surface area (Å²) in [6, 6.07) is 1.62. The number of rotatable bonds is 2. The zero-order valence-electron chi connectivity index (χ0n) is 9.95. The van der Waals surface area contributed by atoms with E-state index in [9.17, 15) is 5.11 Å². The van der Waals surface area contributed by atoms with Crippen molar-refractivity contribution in [2.75, 3.05) is 13.6 Å². The highest BCUT2D eigenvalue weighted by Gasteiger charge is 2.30. The van der Waals surface area contributed by atoms with Gasteiger partial charge in [0.15, 0.2) is 0 Å². The van der Waals surface area contributed by atoms with Gasteiger partial charge < -0.3 is 15.3 Å². The maximum absolute atomic E-state index is 9.88. The molecule has 1 aliphatic heterocycles. The van der Waals surface area contributed by atoms with Gasteiger partial charge in [0.2, 0.25) is 0 Å². The predicted octanol–water partition coefficient (Wildman–Crippen LogP) is 0.972. The van der Waals surface area contributed by atoms with Crippen molar-refractivity contribution in [2.45, 2.75) is 63.3 Å². The van der Waals surface area contributed by atoms with Crippen molar-refractivity contribution in [1.82, 2.24) is 10.2 Å². The van der Waals surface area contributed by atoms with Crippen LogP contribution in [0.3, 0.4) is 0 Å². The van der Waals surface area contributed by atoms with Crippen LogP contribution in [0, 0.1) is 0 Å². The van der Waals surface area contributed by atoms with Gasteiger partial charge in [-0.1, -0.05) is 12.8 Å². The number of likely N-dealkylation sites (tertiary alicyclic amines) is 1. The molecule has 0 aromatic heterocycles. The van der Waals surface area contributed by atoms with E-state index in [1.54, 1.807) is 0 Å². The Morgan fingerprint density at radius 1 is 1.27 bits per heavy atom. The maximum Gasteiger partial charge on any atom is 0.0693 e. The molecule has 0 radical (unpaired) electrons. The van der Waals surface area contributed by atoms with Crippen LogP contribution in [0.15, 0.2) is 0 Å². The summed E-state index contributed by atoms with van der Waals surface area (Å²) >= 11 is 0. The van der Waals surface area contributed by atoms with Crippen LogP contribution in [-0.2, 0) is 0 Å². The summed E-state index contributed by atoms with van der Waals surface area (Å²) in [6.45, 7) is 3.41. The first-order valence-electron chi connectivity index (χ1n) is 6.31. The summed E-state index contributed by atoms with van der Waals surface area (Å²) in [5.74, 6) is 0. The van der Waals surface area contributed by atoms with E-state index in [2.05, 4.69) is 24.2 Å². The minimum absolute atomic E-state index is 0.111. The van der Waals surface area contributed by atoms with E-state index in [1.807, 2.05) is 0 Å². The molecule has 1 saturated heterocycles. The number of nitrogens with one attached hydrogen (secondary N) is 1. The van der Waals surface area contributed by atoms with Gasteiger partial charge in [-0.3, -0.25) is 0 Å². The first kappa shape index (κ1) is 11.4. The SMILES string of the molecule is CC1CC(NC2CCCCC2O)CN1C. The van der Waals surface area contributed by atoms with Crippen LogP contribution in [0.5, 0.6) is 0 Å². The van der Waals surface area contributed by atoms with Gasteiger partial charge in [0.25, 0.3) is 0 Å². The zero-order chi connectivity index (χ0) is 10.8. The Balaban J connectivity index is 1.81. The fraction of sp³-hybridized carbons (Fsp3) is 1.00. The van der Waals surface area contributed by atoms with Crippen LogP contribution < -0.4 is 5.32 Å². The molecule has 0 amide bonds. The summed E-state index contributed by atoms with van der Waals surface area (Å²) in [6.07, 6.45) is 5.71. The van der Waals surface area contributed by atoms with Gasteiger partial charge in [-0.25, -0.2) is 0 Å². The lowest BCUT2D eigenvalue weighted by atomic mass is 9.92. The van der Waals surface area contributed by atoms with Crippen LogP contribution in [0.1, 0.15) is 39.0 Å². The van der Waals surface area contributed by atoms with E-state index in [-0.39, 0.29) is 6.10 Å². The molecule has 0 aromatic rings. The minimum atomic E-state index is -0.111. The normalized spacial score (nSPS) is 43.4. The third-order valence-corrected chi connectivity index (χ3v) is 4.07. The molecule has 3 heteroatoms. The Morgan fingerprint density at radius 3 is 2.60 bits per heavy atom. The van der Waals surface area contributed by atoms with Crippen LogP contribution in [0.4, 0.5) is 0 Å². The highest BCUT2D eigenvalue weighted by molar-refractivity contribution is 4.90. The topological polar surface area (TPSA) is 35.5 Å². The molecule has 2 N–H and O–H groups in total. The monoisotopic (exact) mass is 212 g/mol. The van der Waals surface area contributed by atoms with Gasteiger partial charge in [-0.2, -0.15) is 0 Å². The first-order chi connectivity index (χ1) is 7.16.